The van der Waals surface area contributed by atoms with E-state index in [0.717, 1.165) is 4.90 Å². The fourth-order valence-corrected chi connectivity index (χ4v) is 3.57. The average molecular weight is 439 g/mol. The van der Waals surface area contributed by atoms with Crippen LogP contribution in [-0.4, -0.2) is 45.5 Å². The molecule has 2 aromatic carbocycles. The van der Waals surface area contributed by atoms with Crippen LogP contribution in [0.1, 0.15) is 10.4 Å². The molecule has 10 heteroatoms. The molecule has 1 aliphatic heterocycles. The number of halogens is 2. The minimum absolute atomic E-state index is 0.00810. The second-order valence-corrected chi connectivity index (χ2v) is 6.84. The van der Waals surface area contributed by atoms with Crippen molar-refractivity contribution in [1.82, 2.24) is 0 Å². The number of rotatable bonds is 6. The molecule has 3 rings (SSSR count). The molecule has 0 spiro atoms. The molecule has 0 radical (unpaired) electrons. The van der Waals surface area contributed by atoms with Crippen LogP contribution in [0.15, 0.2) is 24.3 Å². The van der Waals surface area contributed by atoms with Gasteiger partial charge in [0.15, 0.2) is 11.5 Å². The van der Waals surface area contributed by atoms with Gasteiger partial charge in [-0.15, -0.1) is 0 Å². The third kappa shape index (κ3) is 3.81. The summed E-state index contributed by atoms with van der Waals surface area (Å²) in [6.45, 7) is -0.416. The third-order valence-corrected chi connectivity index (χ3v) is 4.65. The Kier molecular flexibility index (Phi) is 5.86. The molecular weight excluding hydrogens is 423 g/mol. The lowest BCUT2D eigenvalue weighted by atomic mass is 10.1. The van der Waals surface area contributed by atoms with Crippen LogP contribution >= 0.6 is 23.2 Å². The van der Waals surface area contributed by atoms with Crippen LogP contribution in [0.25, 0.3) is 0 Å². The third-order valence-electron chi connectivity index (χ3n) is 4.21. The summed E-state index contributed by atoms with van der Waals surface area (Å²) in [4.78, 5) is 38.6. The highest BCUT2D eigenvalue weighted by Gasteiger charge is 2.42. The Morgan fingerprint density at radius 1 is 0.966 bits per heavy atom. The smallest absolute Gasteiger partial charge is 0.300 e. The molecule has 1 heterocycles. The summed E-state index contributed by atoms with van der Waals surface area (Å²) in [5.41, 5.74) is 0.554. The molecule has 0 atom stereocenters. The van der Waals surface area contributed by atoms with Gasteiger partial charge in [0, 0.05) is 21.8 Å². The Balaban J connectivity index is 1.95. The largest absolute Gasteiger partial charge is 0.493 e. The maximum absolute atomic E-state index is 12.5. The zero-order valence-electron chi connectivity index (χ0n) is 15.7. The van der Waals surface area contributed by atoms with Crippen LogP contribution in [0, 0.1) is 0 Å². The lowest BCUT2D eigenvalue weighted by molar-refractivity contribution is -0.118. The van der Waals surface area contributed by atoms with E-state index in [4.69, 9.17) is 37.4 Å². The molecule has 2 amide bonds. The first-order valence-electron chi connectivity index (χ1n) is 8.25. The fraction of sp³-hybridized carbons (Fsp3) is 0.211. The van der Waals surface area contributed by atoms with Crippen molar-refractivity contribution in [3.05, 3.63) is 39.9 Å². The SMILES string of the molecule is COc1cc2c(c(OC)c1OC)C(=O)C(=O)N2CC(=O)Nc1cc(Cl)cc(Cl)c1. The number of carbonyl (C=O) groups is 3. The number of carbonyl (C=O) groups excluding carboxylic acids is 3. The van der Waals surface area contributed by atoms with Crippen LogP contribution < -0.4 is 24.4 Å². The summed E-state index contributed by atoms with van der Waals surface area (Å²) in [6.07, 6.45) is 0. The van der Waals surface area contributed by atoms with Crippen LogP contribution in [0.3, 0.4) is 0 Å². The molecule has 29 heavy (non-hydrogen) atoms. The van der Waals surface area contributed by atoms with Crippen molar-refractivity contribution in [2.75, 3.05) is 38.1 Å². The van der Waals surface area contributed by atoms with E-state index in [-0.39, 0.29) is 28.5 Å². The lowest BCUT2D eigenvalue weighted by Crippen LogP contribution is -2.37. The Labute approximate surface area is 176 Å². The molecular formula is C19H16Cl2N2O6. The van der Waals surface area contributed by atoms with E-state index in [1.807, 2.05) is 0 Å². The molecule has 0 bridgehead atoms. The van der Waals surface area contributed by atoms with Crippen LogP contribution in [0.2, 0.25) is 10.0 Å². The van der Waals surface area contributed by atoms with Crippen molar-refractivity contribution in [2.45, 2.75) is 0 Å². The van der Waals surface area contributed by atoms with E-state index in [1.54, 1.807) is 0 Å². The molecule has 8 nitrogen and oxygen atoms in total. The molecule has 0 unspecified atom stereocenters. The number of hydrogen-bond donors (Lipinski definition) is 1. The quantitative estimate of drug-likeness (QED) is 0.695. The van der Waals surface area contributed by atoms with E-state index in [2.05, 4.69) is 5.32 Å². The normalized spacial score (nSPS) is 12.7. The number of amides is 2. The number of nitrogens with zero attached hydrogens (tertiary/aromatic N) is 1. The number of benzene rings is 2. The van der Waals surface area contributed by atoms with Crippen molar-refractivity contribution < 1.29 is 28.6 Å². The maximum Gasteiger partial charge on any atom is 0.300 e. The predicted molar refractivity (Wildman–Crippen MR) is 108 cm³/mol. The zero-order valence-corrected chi connectivity index (χ0v) is 17.2. The molecule has 0 aliphatic carbocycles. The van der Waals surface area contributed by atoms with Gasteiger partial charge in [-0.25, -0.2) is 0 Å². The van der Waals surface area contributed by atoms with Crippen LogP contribution in [-0.2, 0) is 9.59 Å². The molecule has 2 aromatic rings. The predicted octanol–water partition coefficient (Wildman–Crippen LogP) is 3.19. The highest BCUT2D eigenvalue weighted by molar-refractivity contribution is 6.53. The Bertz CT molecular complexity index is 1000. The van der Waals surface area contributed by atoms with Crippen molar-refractivity contribution in [2.24, 2.45) is 0 Å². The number of anilines is 2. The summed E-state index contributed by atoms with van der Waals surface area (Å²) in [7, 11) is 4.13. The molecule has 0 saturated heterocycles. The standard InChI is InChI=1S/C19H16Cl2N2O6/c1-27-13-7-12-15(18(29-3)17(13)28-2)16(25)19(26)23(12)8-14(24)22-11-5-9(20)4-10(21)6-11/h4-7H,8H2,1-3H3,(H,22,24). The van der Waals surface area contributed by atoms with Gasteiger partial charge < -0.3 is 19.5 Å². The van der Waals surface area contributed by atoms with Gasteiger partial charge >= 0.3 is 0 Å². The average Bonchev–Trinajstić information content (AvgIpc) is 2.90. The number of methoxy groups -OCH3 is 3. The van der Waals surface area contributed by atoms with E-state index in [0.29, 0.717) is 15.7 Å². The van der Waals surface area contributed by atoms with Gasteiger partial charge in [0.2, 0.25) is 11.7 Å². The van der Waals surface area contributed by atoms with Gasteiger partial charge in [-0.2, -0.15) is 0 Å². The molecule has 1 N–H and O–H groups in total. The van der Waals surface area contributed by atoms with Gasteiger partial charge in [-0.3, -0.25) is 19.3 Å². The first-order chi connectivity index (χ1) is 13.8. The van der Waals surface area contributed by atoms with Crippen molar-refractivity contribution in [3.63, 3.8) is 0 Å². The summed E-state index contributed by atoms with van der Waals surface area (Å²) >= 11 is 11.8. The Morgan fingerprint density at radius 2 is 1.59 bits per heavy atom. The molecule has 0 aromatic heterocycles. The number of ketones is 1. The van der Waals surface area contributed by atoms with Gasteiger partial charge in [0.1, 0.15) is 6.54 Å². The lowest BCUT2D eigenvalue weighted by Gasteiger charge is -2.19. The number of Topliss-reactive ketones (excluding diaryl/α,β-unsaturated/α-hetero) is 1. The van der Waals surface area contributed by atoms with Gasteiger partial charge in [-0.05, 0) is 18.2 Å². The van der Waals surface area contributed by atoms with Gasteiger partial charge in [-0.1, -0.05) is 23.2 Å². The highest BCUT2D eigenvalue weighted by atomic mass is 35.5. The zero-order chi connectivity index (χ0) is 21.3. The van der Waals surface area contributed by atoms with Crippen molar-refractivity contribution in [3.8, 4) is 17.2 Å². The van der Waals surface area contributed by atoms with Gasteiger partial charge in [0.25, 0.3) is 11.7 Å². The van der Waals surface area contributed by atoms with Crippen LogP contribution in [0.4, 0.5) is 11.4 Å². The van der Waals surface area contributed by atoms with Crippen LogP contribution in [0.5, 0.6) is 17.2 Å². The Hall–Kier alpha value is -2.97. The van der Waals surface area contributed by atoms with E-state index >= 15 is 0 Å². The van der Waals surface area contributed by atoms with Crippen molar-refractivity contribution in [1.29, 1.82) is 0 Å². The topological polar surface area (TPSA) is 94.2 Å². The summed E-state index contributed by atoms with van der Waals surface area (Å²) in [6, 6.07) is 5.98. The van der Waals surface area contributed by atoms with E-state index in [9.17, 15) is 14.4 Å². The van der Waals surface area contributed by atoms with Crippen molar-refractivity contribution >= 4 is 52.2 Å². The summed E-state index contributed by atoms with van der Waals surface area (Å²) in [5, 5.41) is 3.28. The summed E-state index contributed by atoms with van der Waals surface area (Å²) < 4.78 is 15.8. The minimum atomic E-state index is -0.868. The number of ether oxygens (including phenoxy) is 3. The first kappa shape index (κ1) is 20.8. The summed E-state index contributed by atoms with van der Waals surface area (Å²) in [5.74, 6) is -1.74. The van der Waals surface area contributed by atoms with Gasteiger partial charge in [0.05, 0.1) is 32.6 Å². The fourth-order valence-electron chi connectivity index (χ4n) is 3.04. The second-order valence-electron chi connectivity index (χ2n) is 5.97. The highest BCUT2D eigenvalue weighted by Crippen LogP contribution is 2.47. The number of nitrogens with one attached hydrogen (secondary N) is 1. The van der Waals surface area contributed by atoms with E-state index in [1.165, 1.54) is 45.6 Å². The first-order valence-corrected chi connectivity index (χ1v) is 9.01. The second kappa shape index (κ2) is 8.18. The number of fused-ring (bicyclic) bond motifs is 1. The molecule has 0 saturated carbocycles. The molecule has 1 aliphatic rings. The molecule has 152 valence electrons. The minimum Gasteiger partial charge on any atom is -0.493 e. The van der Waals surface area contributed by atoms with E-state index < -0.39 is 24.1 Å². The Morgan fingerprint density at radius 3 is 2.14 bits per heavy atom. The maximum atomic E-state index is 12.5. The monoisotopic (exact) mass is 438 g/mol. The molecule has 0 fully saturated rings. The number of hydrogen-bond acceptors (Lipinski definition) is 6.